The first-order valence-corrected chi connectivity index (χ1v) is 7.63. The maximum absolute atomic E-state index is 13.0. The lowest BCUT2D eigenvalue weighted by molar-refractivity contribution is 0.406. The van der Waals surface area contributed by atoms with E-state index in [1.807, 2.05) is 6.07 Å². The highest BCUT2D eigenvalue weighted by atomic mass is 35.5. The summed E-state index contributed by atoms with van der Waals surface area (Å²) < 4.78 is 18.3. The number of hydrogen-bond acceptors (Lipinski definition) is 4. The monoisotopic (exact) mass is 345 g/mol. The van der Waals surface area contributed by atoms with Crippen LogP contribution in [0.15, 0.2) is 42.6 Å². The van der Waals surface area contributed by atoms with Crippen LogP contribution in [0.1, 0.15) is 11.1 Å². The summed E-state index contributed by atoms with van der Waals surface area (Å²) in [5, 5.41) is 19.9. The van der Waals surface area contributed by atoms with Gasteiger partial charge in [0.15, 0.2) is 0 Å². The number of aromatic nitrogens is 1. The zero-order chi connectivity index (χ0) is 17.3. The Kier molecular flexibility index (Phi) is 4.71. The normalized spacial score (nSPS) is 10.9. The Morgan fingerprint density at radius 1 is 1.17 bits per heavy atom. The summed E-state index contributed by atoms with van der Waals surface area (Å²) in [6, 6.07) is 9.57. The Bertz CT molecular complexity index is 887. The maximum Gasteiger partial charge on any atom is 0.492 e. The molecule has 7 heteroatoms. The Hall–Kier alpha value is -2.15. The van der Waals surface area contributed by atoms with E-state index < -0.39 is 7.12 Å². The van der Waals surface area contributed by atoms with Gasteiger partial charge >= 0.3 is 7.12 Å². The van der Waals surface area contributed by atoms with Crippen LogP contribution in [0.25, 0.3) is 10.9 Å². The predicted octanol–water partition coefficient (Wildman–Crippen LogP) is 2.31. The van der Waals surface area contributed by atoms with Gasteiger partial charge in [0.2, 0.25) is 0 Å². The largest absolute Gasteiger partial charge is 0.495 e. The number of pyridine rings is 1. The summed E-state index contributed by atoms with van der Waals surface area (Å²) in [5.74, 6) is -0.00371. The van der Waals surface area contributed by atoms with Crippen LogP contribution in [0.3, 0.4) is 0 Å². The summed E-state index contributed by atoms with van der Waals surface area (Å²) >= 11 is 6.26. The van der Waals surface area contributed by atoms with Crippen molar-refractivity contribution in [3.63, 3.8) is 0 Å². The SMILES string of the molecule is COc1c(B(O)O)cc(Cl)c2cc(Cc3ccc(F)cc3)cnc12. The summed E-state index contributed by atoms with van der Waals surface area (Å²) in [7, 11) is -0.273. The second-order valence-electron chi connectivity index (χ2n) is 5.40. The van der Waals surface area contributed by atoms with Crippen LogP contribution < -0.4 is 10.2 Å². The molecule has 3 rings (SSSR count). The minimum Gasteiger partial charge on any atom is -0.495 e. The molecule has 1 aromatic heterocycles. The van der Waals surface area contributed by atoms with Gasteiger partial charge < -0.3 is 14.8 Å². The van der Waals surface area contributed by atoms with Crippen molar-refractivity contribution < 1.29 is 19.2 Å². The fraction of sp³-hybridized carbons (Fsp3) is 0.118. The average Bonchev–Trinajstić information content (AvgIpc) is 2.57. The van der Waals surface area contributed by atoms with Gasteiger partial charge in [-0.2, -0.15) is 0 Å². The number of halogens is 2. The van der Waals surface area contributed by atoms with Gasteiger partial charge in [-0.25, -0.2) is 4.39 Å². The van der Waals surface area contributed by atoms with E-state index in [2.05, 4.69) is 4.98 Å². The molecule has 2 aromatic carbocycles. The van der Waals surface area contributed by atoms with Crippen molar-refractivity contribution in [1.29, 1.82) is 0 Å². The van der Waals surface area contributed by atoms with E-state index >= 15 is 0 Å². The standard InChI is InChI=1S/C17H14BClFNO3/c1-24-17-14(18(22)23)8-15(19)13-7-11(9-21-16(13)17)6-10-2-4-12(20)5-3-10/h2-5,7-9,22-23H,6H2,1H3. The number of ether oxygens (including phenoxy) is 1. The van der Waals surface area contributed by atoms with Crippen LogP contribution in [-0.2, 0) is 6.42 Å². The second kappa shape index (κ2) is 6.77. The van der Waals surface area contributed by atoms with E-state index in [9.17, 15) is 14.4 Å². The van der Waals surface area contributed by atoms with E-state index in [-0.39, 0.29) is 17.0 Å². The van der Waals surface area contributed by atoms with Gasteiger partial charge in [-0.1, -0.05) is 23.7 Å². The fourth-order valence-corrected chi connectivity index (χ4v) is 2.89. The molecule has 0 saturated heterocycles. The van der Waals surface area contributed by atoms with Gasteiger partial charge in [-0.3, -0.25) is 4.98 Å². The molecule has 2 N–H and O–H groups in total. The van der Waals surface area contributed by atoms with Crippen LogP contribution in [0.5, 0.6) is 5.75 Å². The van der Waals surface area contributed by atoms with E-state index in [0.717, 1.165) is 11.1 Å². The Morgan fingerprint density at radius 3 is 2.50 bits per heavy atom. The van der Waals surface area contributed by atoms with Gasteiger partial charge in [-0.15, -0.1) is 0 Å². The minimum atomic E-state index is -1.71. The molecule has 0 spiro atoms. The molecule has 0 unspecified atom stereocenters. The van der Waals surface area contributed by atoms with Crippen molar-refractivity contribution in [2.45, 2.75) is 6.42 Å². The summed E-state index contributed by atoms with van der Waals surface area (Å²) in [5.41, 5.74) is 2.46. The van der Waals surface area contributed by atoms with E-state index in [1.165, 1.54) is 25.3 Å². The molecule has 0 radical (unpaired) electrons. The minimum absolute atomic E-state index is 0.161. The highest BCUT2D eigenvalue weighted by Gasteiger charge is 2.22. The lowest BCUT2D eigenvalue weighted by Gasteiger charge is -2.13. The van der Waals surface area contributed by atoms with Crippen LogP contribution in [-0.4, -0.2) is 29.3 Å². The number of benzene rings is 2. The van der Waals surface area contributed by atoms with Crippen LogP contribution in [0.4, 0.5) is 4.39 Å². The van der Waals surface area contributed by atoms with E-state index in [4.69, 9.17) is 16.3 Å². The molecule has 1 heterocycles. The summed E-state index contributed by atoms with van der Waals surface area (Å²) in [4.78, 5) is 4.36. The number of methoxy groups -OCH3 is 1. The Balaban J connectivity index is 2.06. The molecule has 0 aliphatic heterocycles. The lowest BCUT2D eigenvalue weighted by Crippen LogP contribution is -2.31. The number of hydrogen-bond donors (Lipinski definition) is 2. The van der Waals surface area contributed by atoms with Gasteiger partial charge in [0, 0.05) is 22.1 Å². The predicted molar refractivity (Wildman–Crippen MR) is 92.3 cm³/mol. The molecule has 3 aromatic rings. The fourth-order valence-electron chi connectivity index (χ4n) is 2.63. The third-order valence-electron chi connectivity index (χ3n) is 3.76. The van der Waals surface area contributed by atoms with E-state index in [0.29, 0.717) is 22.3 Å². The molecule has 122 valence electrons. The molecular weight excluding hydrogens is 331 g/mol. The lowest BCUT2D eigenvalue weighted by atomic mass is 9.79. The molecule has 0 fully saturated rings. The van der Waals surface area contributed by atoms with Gasteiger partial charge in [-0.05, 0) is 41.8 Å². The van der Waals surface area contributed by atoms with E-state index in [1.54, 1.807) is 18.3 Å². The van der Waals surface area contributed by atoms with Crippen molar-refractivity contribution in [2.75, 3.05) is 7.11 Å². The number of nitrogens with zero attached hydrogens (tertiary/aromatic N) is 1. The average molecular weight is 346 g/mol. The first-order chi connectivity index (χ1) is 11.5. The zero-order valence-electron chi connectivity index (χ0n) is 12.8. The molecule has 0 aliphatic carbocycles. The van der Waals surface area contributed by atoms with Crippen molar-refractivity contribution in [1.82, 2.24) is 4.98 Å². The van der Waals surface area contributed by atoms with Crippen molar-refractivity contribution >= 4 is 35.1 Å². The molecule has 0 bridgehead atoms. The van der Waals surface area contributed by atoms with Crippen molar-refractivity contribution in [3.05, 3.63) is 64.6 Å². The molecule has 24 heavy (non-hydrogen) atoms. The molecule has 0 saturated carbocycles. The Morgan fingerprint density at radius 2 is 1.88 bits per heavy atom. The van der Waals surface area contributed by atoms with Gasteiger partial charge in [0.1, 0.15) is 17.1 Å². The number of rotatable bonds is 4. The molecule has 0 aliphatic rings. The highest BCUT2D eigenvalue weighted by molar-refractivity contribution is 6.61. The first-order valence-electron chi connectivity index (χ1n) is 7.25. The van der Waals surface area contributed by atoms with Crippen LogP contribution in [0.2, 0.25) is 5.02 Å². The van der Waals surface area contributed by atoms with Crippen LogP contribution >= 0.6 is 11.6 Å². The van der Waals surface area contributed by atoms with Gasteiger partial charge in [0.25, 0.3) is 0 Å². The molecule has 0 amide bonds. The third kappa shape index (κ3) is 3.22. The van der Waals surface area contributed by atoms with Crippen molar-refractivity contribution in [2.24, 2.45) is 0 Å². The smallest absolute Gasteiger partial charge is 0.492 e. The summed E-state index contributed by atoms with van der Waals surface area (Å²) in [6.45, 7) is 0. The van der Waals surface area contributed by atoms with Gasteiger partial charge in [0.05, 0.1) is 7.11 Å². The molecule has 4 nitrogen and oxygen atoms in total. The Labute approximate surface area is 143 Å². The highest BCUT2D eigenvalue weighted by Crippen LogP contribution is 2.29. The third-order valence-corrected chi connectivity index (χ3v) is 4.08. The maximum atomic E-state index is 13.0. The molecule has 0 atom stereocenters. The number of fused-ring (bicyclic) bond motifs is 1. The quantitative estimate of drug-likeness (QED) is 0.712. The summed E-state index contributed by atoms with van der Waals surface area (Å²) in [6.07, 6.45) is 2.24. The molecular formula is C17H14BClFNO3. The van der Waals surface area contributed by atoms with Crippen molar-refractivity contribution in [3.8, 4) is 5.75 Å². The topological polar surface area (TPSA) is 62.6 Å². The second-order valence-corrected chi connectivity index (χ2v) is 5.80. The first kappa shape index (κ1) is 16.7. The zero-order valence-corrected chi connectivity index (χ0v) is 13.6. The van der Waals surface area contributed by atoms with Crippen LogP contribution in [0, 0.1) is 5.82 Å².